The summed E-state index contributed by atoms with van der Waals surface area (Å²) in [6.45, 7) is 3.10. The van der Waals surface area contributed by atoms with Gasteiger partial charge in [-0.2, -0.15) is 0 Å². The number of nitrogens with zero attached hydrogens (tertiary/aromatic N) is 1. The van der Waals surface area contributed by atoms with Crippen LogP contribution in [0.2, 0.25) is 0 Å². The number of amides is 1. The number of benzene rings is 1. The Hall–Kier alpha value is -2.23. The second kappa shape index (κ2) is 6.49. The summed E-state index contributed by atoms with van der Waals surface area (Å²) in [5, 5.41) is 2.72. The van der Waals surface area contributed by atoms with E-state index in [9.17, 15) is 9.59 Å². The first-order valence-electron chi connectivity index (χ1n) is 5.57. The van der Waals surface area contributed by atoms with E-state index in [1.807, 2.05) is 18.2 Å². The third-order valence-electron chi connectivity index (χ3n) is 2.35. The van der Waals surface area contributed by atoms with Crippen LogP contribution in [0.4, 0.5) is 5.69 Å². The summed E-state index contributed by atoms with van der Waals surface area (Å²) in [5.41, 5.74) is 1.49. The zero-order valence-corrected chi connectivity index (χ0v) is 10.7. The molecule has 0 aromatic heterocycles. The largest absolute Gasteiger partial charge is 0.322 e. The molecule has 18 heavy (non-hydrogen) atoms. The minimum absolute atomic E-state index is 0.184. The molecule has 94 valence electrons. The normalized spacial score (nSPS) is 12.2. The van der Waals surface area contributed by atoms with Gasteiger partial charge in [0.1, 0.15) is 0 Å². The van der Waals surface area contributed by atoms with E-state index in [0.717, 1.165) is 0 Å². The molecule has 1 aromatic rings. The van der Waals surface area contributed by atoms with Crippen LogP contribution in [-0.4, -0.2) is 24.4 Å². The molecular weight excluding hydrogens is 228 g/mol. The predicted octanol–water partition coefficient (Wildman–Crippen LogP) is 2.23. The highest BCUT2D eigenvalue weighted by Crippen LogP contribution is 2.09. The fourth-order valence-electron chi connectivity index (χ4n) is 1.38. The van der Waals surface area contributed by atoms with Crippen molar-refractivity contribution in [2.24, 2.45) is 4.99 Å². The number of anilines is 1. The quantitative estimate of drug-likeness (QED) is 0.652. The molecule has 0 saturated carbocycles. The van der Waals surface area contributed by atoms with Gasteiger partial charge in [-0.3, -0.25) is 14.6 Å². The van der Waals surface area contributed by atoms with Gasteiger partial charge in [0.2, 0.25) is 0 Å². The first-order chi connectivity index (χ1) is 8.54. The van der Waals surface area contributed by atoms with Gasteiger partial charge in [-0.1, -0.05) is 18.2 Å². The van der Waals surface area contributed by atoms with Gasteiger partial charge in [0.15, 0.2) is 5.78 Å². The van der Waals surface area contributed by atoms with Crippen LogP contribution in [0.1, 0.15) is 13.8 Å². The van der Waals surface area contributed by atoms with Crippen molar-refractivity contribution in [2.45, 2.75) is 13.8 Å². The Kier molecular flexibility index (Phi) is 4.99. The second-order valence-corrected chi connectivity index (χ2v) is 3.80. The summed E-state index contributed by atoms with van der Waals surface area (Å²) in [5.74, 6) is -0.518. The third kappa shape index (κ3) is 3.97. The first-order valence-corrected chi connectivity index (χ1v) is 5.57. The van der Waals surface area contributed by atoms with Crippen LogP contribution in [0.3, 0.4) is 0 Å². The number of para-hydroxylation sites is 1. The summed E-state index contributed by atoms with van der Waals surface area (Å²) in [6, 6.07) is 9.07. The van der Waals surface area contributed by atoms with E-state index >= 15 is 0 Å². The van der Waals surface area contributed by atoms with Gasteiger partial charge in [0, 0.05) is 18.4 Å². The summed E-state index contributed by atoms with van der Waals surface area (Å²) >= 11 is 0. The van der Waals surface area contributed by atoms with Crippen LogP contribution in [0, 0.1) is 0 Å². The lowest BCUT2D eigenvalue weighted by Crippen LogP contribution is -2.20. The molecule has 0 spiro atoms. The summed E-state index contributed by atoms with van der Waals surface area (Å²) < 4.78 is 0. The van der Waals surface area contributed by atoms with Crippen molar-refractivity contribution in [3.63, 3.8) is 0 Å². The number of aliphatic imine (C=N–C) groups is 1. The number of rotatable bonds is 4. The van der Waals surface area contributed by atoms with E-state index in [0.29, 0.717) is 11.4 Å². The third-order valence-corrected chi connectivity index (χ3v) is 2.35. The number of ketones is 1. The number of carbonyl (C=O) groups is 2. The highest BCUT2D eigenvalue weighted by Gasteiger charge is 2.13. The summed E-state index contributed by atoms with van der Waals surface area (Å²) in [6.07, 6.45) is 1.29. The molecule has 0 unspecified atom stereocenters. The number of hydrogen-bond donors (Lipinski definition) is 1. The SMILES string of the molecule is CN=C(C)/C(=C\C(C)=O)C(=O)Nc1ccccc1. The van der Waals surface area contributed by atoms with Gasteiger partial charge in [-0.15, -0.1) is 0 Å². The molecule has 0 aliphatic heterocycles. The van der Waals surface area contributed by atoms with Crippen molar-refractivity contribution >= 4 is 23.1 Å². The maximum Gasteiger partial charge on any atom is 0.257 e. The first kappa shape index (κ1) is 13.8. The van der Waals surface area contributed by atoms with E-state index < -0.39 is 0 Å². The molecule has 0 heterocycles. The van der Waals surface area contributed by atoms with Crippen molar-refractivity contribution in [3.8, 4) is 0 Å². The van der Waals surface area contributed by atoms with Crippen LogP contribution < -0.4 is 5.32 Å². The van der Waals surface area contributed by atoms with Crippen molar-refractivity contribution in [3.05, 3.63) is 42.0 Å². The fourth-order valence-corrected chi connectivity index (χ4v) is 1.38. The zero-order chi connectivity index (χ0) is 13.5. The van der Waals surface area contributed by atoms with Crippen LogP contribution in [0.5, 0.6) is 0 Å². The van der Waals surface area contributed by atoms with Gasteiger partial charge >= 0.3 is 0 Å². The molecular formula is C14H16N2O2. The molecule has 0 aliphatic carbocycles. The molecule has 4 nitrogen and oxygen atoms in total. The Morgan fingerprint density at radius 3 is 2.28 bits per heavy atom. The molecule has 1 aromatic carbocycles. The minimum Gasteiger partial charge on any atom is -0.322 e. The number of nitrogens with one attached hydrogen (secondary N) is 1. The van der Waals surface area contributed by atoms with Crippen molar-refractivity contribution < 1.29 is 9.59 Å². The number of hydrogen-bond acceptors (Lipinski definition) is 3. The van der Waals surface area contributed by atoms with Crippen molar-refractivity contribution in [1.82, 2.24) is 0 Å². The molecule has 0 radical (unpaired) electrons. The van der Waals surface area contributed by atoms with Gasteiger partial charge in [0.25, 0.3) is 5.91 Å². The Balaban J connectivity index is 2.95. The number of carbonyl (C=O) groups excluding carboxylic acids is 2. The van der Waals surface area contributed by atoms with E-state index in [4.69, 9.17) is 0 Å². The highest BCUT2D eigenvalue weighted by atomic mass is 16.2. The molecule has 1 rings (SSSR count). The Morgan fingerprint density at radius 2 is 1.78 bits per heavy atom. The molecule has 1 N–H and O–H groups in total. The van der Waals surface area contributed by atoms with Gasteiger partial charge in [0.05, 0.1) is 5.57 Å². The lowest BCUT2D eigenvalue weighted by atomic mass is 10.1. The van der Waals surface area contributed by atoms with Crippen molar-refractivity contribution in [1.29, 1.82) is 0 Å². The zero-order valence-electron chi connectivity index (χ0n) is 10.7. The molecule has 4 heteroatoms. The van der Waals surface area contributed by atoms with Gasteiger partial charge in [-0.05, 0) is 32.1 Å². The average molecular weight is 244 g/mol. The fraction of sp³-hybridized carbons (Fsp3) is 0.214. The molecule has 0 atom stereocenters. The van der Waals surface area contributed by atoms with Crippen LogP contribution in [-0.2, 0) is 9.59 Å². The standard InChI is InChI=1S/C14H16N2O2/c1-10(17)9-13(11(2)15-3)14(18)16-12-7-5-4-6-8-12/h4-9H,1-3H3,(H,16,18)/b13-9+,15-11?. The Bertz CT molecular complexity index is 502. The second-order valence-electron chi connectivity index (χ2n) is 3.80. The molecule has 0 saturated heterocycles. The Morgan fingerprint density at radius 1 is 1.17 bits per heavy atom. The maximum atomic E-state index is 12.0. The lowest BCUT2D eigenvalue weighted by Gasteiger charge is -2.08. The van der Waals surface area contributed by atoms with E-state index in [1.54, 1.807) is 26.1 Å². The topological polar surface area (TPSA) is 58.5 Å². The number of allylic oxidation sites excluding steroid dienone is 1. The maximum absolute atomic E-state index is 12.0. The molecule has 0 aliphatic rings. The lowest BCUT2D eigenvalue weighted by molar-refractivity contribution is -0.114. The van der Waals surface area contributed by atoms with Gasteiger partial charge in [-0.25, -0.2) is 0 Å². The summed E-state index contributed by atoms with van der Waals surface area (Å²) in [7, 11) is 1.58. The van der Waals surface area contributed by atoms with E-state index in [1.165, 1.54) is 13.0 Å². The van der Waals surface area contributed by atoms with E-state index in [-0.39, 0.29) is 17.3 Å². The molecule has 0 fully saturated rings. The highest BCUT2D eigenvalue weighted by molar-refractivity contribution is 6.26. The molecule has 0 bridgehead atoms. The predicted molar refractivity (Wildman–Crippen MR) is 72.9 cm³/mol. The minimum atomic E-state index is -0.334. The van der Waals surface area contributed by atoms with Crippen LogP contribution in [0.15, 0.2) is 47.0 Å². The average Bonchev–Trinajstić information content (AvgIpc) is 2.36. The van der Waals surface area contributed by atoms with E-state index in [2.05, 4.69) is 10.3 Å². The van der Waals surface area contributed by atoms with Crippen LogP contribution in [0.25, 0.3) is 0 Å². The smallest absolute Gasteiger partial charge is 0.257 e. The monoisotopic (exact) mass is 244 g/mol. The Labute approximate surface area is 106 Å². The van der Waals surface area contributed by atoms with Crippen LogP contribution >= 0.6 is 0 Å². The van der Waals surface area contributed by atoms with Gasteiger partial charge < -0.3 is 5.32 Å². The van der Waals surface area contributed by atoms with Crippen molar-refractivity contribution in [2.75, 3.05) is 12.4 Å². The summed E-state index contributed by atoms with van der Waals surface area (Å²) in [4.78, 5) is 27.1. The molecule has 1 amide bonds.